The molecule has 0 aliphatic carbocycles. The van der Waals surface area contributed by atoms with Crippen molar-refractivity contribution in [1.29, 1.82) is 0 Å². The number of rotatable bonds is 4. The minimum atomic E-state index is -0.510. The van der Waals surface area contributed by atoms with Gasteiger partial charge >= 0.3 is 0 Å². The van der Waals surface area contributed by atoms with Gasteiger partial charge < -0.3 is 9.84 Å². The van der Waals surface area contributed by atoms with Crippen molar-refractivity contribution in [3.05, 3.63) is 58.3 Å². The van der Waals surface area contributed by atoms with E-state index in [1.165, 1.54) is 11.1 Å². The SMILES string of the molecule is COc1ccc(CC(O)c2cc(C)c(C)cc2C)cn1. The molecule has 2 aromatic rings. The van der Waals surface area contributed by atoms with Crippen molar-refractivity contribution >= 4 is 0 Å². The summed E-state index contributed by atoms with van der Waals surface area (Å²) in [7, 11) is 1.59. The van der Waals surface area contributed by atoms with Gasteiger partial charge in [-0.25, -0.2) is 4.98 Å². The first kappa shape index (κ1) is 14.5. The van der Waals surface area contributed by atoms with E-state index in [4.69, 9.17) is 4.74 Å². The molecule has 0 bridgehead atoms. The first-order valence-electron chi connectivity index (χ1n) is 6.76. The summed E-state index contributed by atoms with van der Waals surface area (Å²) in [4.78, 5) is 4.16. The summed E-state index contributed by atoms with van der Waals surface area (Å²) in [6.45, 7) is 6.20. The van der Waals surface area contributed by atoms with Crippen LogP contribution in [0.25, 0.3) is 0 Å². The van der Waals surface area contributed by atoms with Gasteiger partial charge in [0.2, 0.25) is 5.88 Å². The van der Waals surface area contributed by atoms with Crippen LogP contribution in [0.5, 0.6) is 5.88 Å². The normalized spacial score (nSPS) is 12.2. The standard InChI is InChI=1S/C17H21NO2/c1-11-7-13(3)15(8-12(11)2)16(19)9-14-5-6-17(20-4)18-10-14/h5-8,10,16,19H,9H2,1-4H3. The lowest BCUT2D eigenvalue weighted by molar-refractivity contribution is 0.177. The van der Waals surface area contributed by atoms with E-state index in [2.05, 4.69) is 31.0 Å². The molecule has 0 aliphatic rings. The van der Waals surface area contributed by atoms with E-state index in [-0.39, 0.29) is 0 Å². The Morgan fingerprint density at radius 2 is 1.80 bits per heavy atom. The number of aliphatic hydroxyl groups is 1. The molecule has 20 heavy (non-hydrogen) atoms. The Balaban J connectivity index is 2.18. The highest BCUT2D eigenvalue weighted by Crippen LogP contribution is 2.24. The van der Waals surface area contributed by atoms with Crippen molar-refractivity contribution in [1.82, 2.24) is 4.98 Å². The zero-order valence-electron chi connectivity index (χ0n) is 12.5. The Labute approximate surface area is 120 Å². The molecule has 1 N–H and O–H groups in total. The lowest BCUT2D eigenvalue weighted by Crippen LogP contribution is -2.05. The maximum Gasteiger partial charge on any atom is 0.212 e. The van der Waals surface area contributed by atoms with Gasteiger partial charge in [-0.3, -0.25) is 0 Å². The molecule has 0 aliphatic heterocycles. The monoisotopic (exact) mass is 271 g/mol. The lowest BCUT2D eigenvalue weighted by atomic mass is 9.94. The third-order valence-corrected chi connectivity index (χ3v) is 3.68. The molecule has 3 nitrogen and oxygen atoms in total. The second-order valence-electron chi connectivity index (χ2n) is 5.22. The van der Waals surface area contributed by atoms with Gasteiger partial charge in [0, 0.05) is 18.7 Å². The summed E-state index contributed by atoms with van der Waals surface area (Å²) in [5.74, 6) is 0.589. The van der Waals surface area contributed by atoms with E-state index in [9.17, 15) is 5.11 Å². The van der Waals surface area contributed by atoms with Crippen LogP contribution in [-0.4, -0.2) is 17.2 Å². The van der Waals surface area contributed by atoms with E-state index < -0.39 is 6.10 Å². The molecule has 0 spiro atoms. The number of aryl methyl sites for hydroxylation is 3. The molecule has 1 heterocycles. The van der Waals surface area contributed by atoms with Gasteiger partial charge in [0.25, 0.3) is 0 Å². The maximum atomic E-state index is 10.4. The Morgan fingerprint density at radius 3 is 2.40 bits per heavy atom. The molecule has 1 aromatic carbocycles. The highest BCUT2D eigenvalue weighted by molar-refractivity contribution is 5.38. The predicted octanol–water partition coefficient (Wildman–Crippen LogP) is 3.29. The van der Waals surface area contributed by atoms with Crippen LogP contribution in [0.2, 0.25) is 0 Å². The van der Waals surface area contributed by atoms with E-state index in [0.717, 1.165) is 16.7 Å². The molecule has 1 aromatic heterocycles. The summed E-state index contributed by atoms with van der Waals surface area (Å²) < 4.78 is 5.03. The summed E-state index contributed by atoms with van der Waals surface area (Å²) in [5.41, 5.74) is 5.57. The largest absolute Gasteiger partial charge is 0.481 e. The smallest absolute Gasteiger partial charge is 0.212 e. The lowest BCUT2D eigenvalue weighted by Gasteiger charge is -2.16. The number of ether oxygens (including phenoxy) is 1. The first-order valence-corrected chi connectivity index (χ1v) is 6.76. The van der Waals surface area contributed by atoms with E-state index in [1.54, 1.807) is 13.3 Å². The maximum absolute atomic E-state index is 10.4. The van der Waals surface area contributed by atoms with Crippen LogP contribution in [0.1, 0.15) is 33.9 Å². The molecular formula is C17H21NO2. The number of pyridine rings is 1. The van der Waals surface area contributed by atoms with Crippen molar-refractivity contribution in [2.45, 2.75) is 33.3 Å². The molecule has 2 rings (SSSR count). The first-order chi connectivity index (χ1) is 9.51. The minimum absolute atomic E-state index is 0.510. The van der Waals surface area contributed by atoms with E-state index >= 15 is 0 Å². The number of hydrogen-bond acceptors (Lipinski definition) is 3. The van der Waals surface area contributed by atoms with Gasteiger partial charge in [-0.05, 0) is 48.6 Å². The van der Waals surface area contributed by atoms with Crippen molar-refractivity contribution in [3.63, 3.8) is 0 Å². The summed E-state index contributed by atoms with van der Waals surface area (Å²) in [6, 6.07) is 7.95. The summed E-state index contributed by atoms with van der Waals surface area (Å²) >= 11 is 0. The fraction of sp³-hybridized carbons (Fsp3) is 0.353. The third-order valence-electron chi connectivity index (χ3n) is 3.68. The number of aromatic nitrogens is 1. The topological polar surface area (TPSA) is 42.4 Å². The van der Waals surface area contributed by atoms with Gasteiger partial charge in [-0.1, -0.05) is 18.2 Å². The number of nitrogens with zero attached hydrogens (tertiary/aromatic N) is 1. The van der Waals surface area contributed by atoms with Crippen LogP contribution in [0.3, 0.4) is 0 Å². The Bertz CT molecular complexity index is 591. The Kier molecular flexibility index (Phi) is 4.40. The van der Waals surface area contributed by atoms with Crippen LogP contribution in [0.4, 0.5) is 0 Å². The third kappa shape index (κ3) is 3.17. The fourth-order valence-electron chi connectivity index (χ4n) is 2.33. The average Bonchev–Trinajstić information content (AvgIpc) is 2.43. The molecule has 0 fully saturated rings. The molecule has 106 valence electrons. The number of hydrogen-bond donors (Lipinski definition) is 1. The highest BCUT2D eigenvalue weighted by Gasteiger charge is 2.13. The van der Waals surface area contributed by atoms with E-state index in [1.807, 2.05) is 19.1 Å². The second kappa shape index (κ2) is 6.06. The van der Waals surface area contributed by atoms with Crippen LogP contribution in [0.15, 0.2) is 30.5 Å². The fourth-order valence-corrected chi connectivity index (χ4v) is 2.33. The quantitative estimate of drug-likeness (QED) is 0.927. The summed E-state index contributed by atoms with van der Waals surface area (Å²) in [6.07, 6.45) is 1.79. The van der Waals surface area contributed by atoms with Gasteiger partial charge in [-0.2, -0.15) is 0 Å². The van der Waals surface area contributed by atoms with Crippen LogP contribution >= 0.6 is 0 Å². The molecule has 0 saturated heterocycles. The van der Waals surface area contributed by atoms with Gasteiger partial charge in [-0.15, -0.1) is 0 Å². The average molecular weight is 271 g/mol. The zero-order valence-corrected chi connectivity index (χ0v) is 12.5. The van der Waals surface area contributed by atoms with E-state index in [0.29, 0.717) is 12.3 Å². The highest BCUT2D eigenvalue weighted by atomic mass is 16.5. The van der Waals surface area contributed by atoms with Crippen molar-refractivity contribution in [3.8, 4) is 5.88 Å². The molecule has 1 unspecified atom stereocenters. The van der Waals surface area contributed by atoms with Crippen molar-refractivity contribution in [2.24, 2.45) is 0 Å². The Hall–Kier alpha value is -1.87. The van der Waals surface area contributed by atoms with Crippen molar-refractivity contribution < 1.29 is 9.84 Å². The predicted molar refractivity (Wildman–Crippen MR) is 80.1 cm³/mol. The number of benzene rings is 1. The Morgan fingerprint density at radius 1 is 1.10 bits per heavy atom. The van der Waals surface area contributed by atoms with Crippen LogP contribution < -0.4 is 4.74 Å². The number of methoxy groups -OCH3 is 1. The van der Waals surface area contributed by atoms with Gasteiger partial charge in [0.15, 0.2) is 0 Å². The minimum Gasteiger partial charge on any atom is -0.481 e. The van der Waals surface area contributed by atoms with Crippen molar-refractivity contribution in [2.75, 3.05) is 7.11 Å². The second-order valence-corrected chi connectivity index (χ2v) is 5.22. The van der Waals surface area contributed by atoms with Gasteiger partial charge in [0.05, 0.1) is 13.2 Å². The van der Waals surface area contributed by atoms with Gasteiger partial charge in [0.1, 0.15) is 0 Å². The molecule has 0 radical (unpaired) electrons. The molecule has 0 saturated carbocycles. The molecular weight excluding hydrogens is 250 g/mol. The zero-order chi connectivity index (χ0) is 14.7. The molecule has 1 atom stereocenters. The molecule has 0 amide bonds. The number of aliphatic hydroxyl groups excluding tert-OH is 1. The van der Waals surface area contributed by atoms with Crippen LogP contribution in [-0.2, 0) is 6.42 Å². The summed E-state index contributed by atoms with van der Waals surface area (Å²) in [5, 5.41) is 10.4. The molecule has 3 heteroatoms. The van der Waals surface area contributed by atoms with Crippen LogP contribution in [0, 0.1) is 20.8 Å².